The molecule has 0 aromatic heterocycles. The van der Waals surface area contributed by atoms with E-state index < -0.39 is 9.84 Å². The van der Waals surface area contributed by atoms with Gasteiger partial charge in [0, 0.05) is 6.54 Å². The number of sulfone groups is 1. The van der Waals surface area contributed by atoms with Gasteiger partial charge in [-0.15, -0.1) is 0 Å². The predicted octanol–water partition coefficient (Wildman–Crippen LogP) is 1.49. The second-order valence-electron chi connectivity index (χ2n) is 5.88. The Morgan fingerprint density at radius 1 is 1.28 bits per heavy atom. The summed E-state index contributed by atoms with van der Waals surface area (Å²) in [5.74, 6) is 1.25. The second kappa shape index (κ2) is 5.47. The number of rotatable bonds is 4. The molecule has 1 heterocycles. The van der Waals surface area contributed by atoms with E-state index in [1.54, 1.807) is 0 Å². The molecule has 1 saturated heterocycles. The first-order valence-corrected chi connectivity index (χ1v) is 8.89. The minimum absolute atomic E-state index is 0.128. The average molecular weight is 275 g/mol. The molecule has 106 valence electrons. The number of nitrogens with two attached hydrogens (primary N) is 1. The minimum atomic E-state index is -2.86. The summed E-state index contributed by atoms with van der Waals surface area (Å²) in [7, 11) is -2.86. The monoisotopic (exact) mass is 275 g/mol. The van der Waals surface area contributed by atoms with E-state index in [4.69, 9.17) is 10.5 Å². The van der Waals surface area contributed by atoms with Crippen LogP contribution >= 0.6 is 0 Å². The lowest BCUT2D eigenvalue weighted by Gasteiger charge is -2.40. The van der Waals surface area contributed by atoms with Gasteiger partial charge in [-0.05, 0) is 38.0 Å². The van der Waals surface area contributed by atoms with Crippen LogP contribution in [0.4, 0.5) is 0 Å². The molecule has 1 atom stereocenters. The van der Waals surface area contributed by atoms with Crippen LogP contribution in [0.15, 0.2) is 0 Å². The standard InChI is InChI=1S/C13H25NO3S/c1-2-11-3-6-13(10-14,7-4-11)17-12-5-8-18(15,16)9-12/h11-12H,2-10,14H2,1H3. The van der Waals surface area contributed by atoms with Gasteiger partial charge in [-0.25, -0.2) is 8.42 Å². The summed E-state index contributed by atoms with van der Waals surface area (Å²) >= 11 is 0. The van der Waals surface area contributed by atoms with Crippen LogP contribution in [0.5, 0.6) is 0 Å². The molecule has 0 spiro atoms. The zero-order valence-electron chi connectivity index (χ0n) is 11.2. The van der Waals surface area contributed by atoms with Crippen LogP contribution in [0.3, 0.4) is 0 Å². The highest BCUT2D eigenvalue weighted by molar-refractivity contribution is 7.91. The molecule has 0 amide bonds. The van der Waals surface area contributed by atoms with Gasteiger partial charge in [0.2, 0.25) is 0 Å². The van der Waals surface area contributed by atoms with Crippen LogP contribution in [0.1, 0.15) is 45.4 Å². The predicted molar refractivity (Wildman–Crippen MR) is 72.2 cm³/mol. The van der Waals surface area contributed by atoms with Gasteiger partial charge in [0.25, 0.3) is 0 Å². The van der Waals surface area contributed by atoms with Crippen LogP contribution in [0.25, 0.3) is 0 Å². The van der Waals surface area contributed by atoms with E-state index in [2.05, 4.69) is 6.92 Å². The Bertz CT molecular complexity index is 372. The normalized spacial score (nSPS) is 39.9. The van der Waals surface area contributed by atoms with Crippen LogP contribution in [0, 0.1) is 5.92 Å². The third kappa shape index (κ3) is 3.25. The summed E-state index contributed by atoms with van der Waals surface area (Å²) in [5, 5.41) is 0. The highest BCUT2D eigenvalue weighted by atomic mass is 32.2. The van der Waals surface area contributed by atoms with Gasteiger partial charge < -0.3 is 10.5 Å². The molecule has 0 aromatic carbocycles. The highest BCUT2D eigenvalue weighted by Crippen LogP contribution is 2.37. The van der Waals surface area contributed by atoms with Crippen LogP contribution in [-0.2, 0) is 14.6 Å². The first-order chi connectivity index (χ1) is 8.49. The average Bonchev–Trinajstić information content (AvgIpc) is 2.69. The quantitative estimate of drug-likeness (QED) is 0.844. The van der Waals surface area contributed by atoms with Crippen molar-refractivity contribution in [3.63, 3.8) is 0 Å². The van der Waals surface area contributed by atoms with Gasteiger partial charge in [0.15, 0.2) is 9.84 Å². The zero-order chi connectivity index (χ0) is 13.2. The van der Waals surface area contributed by atoms with Gasteiger partial charge >= 0.3 is 0 Å². The number of ether oxygens (including phenoxy) is 1. The molecule has 2 N–H and O–H groups in total. The van der Waals surface area contributed by atoms with Crippen molar-refractivity contribution in [2.24, 2.45) is 11.7 Å². The first kappa shape index (κ1) is 14.3. The van der Waals surface area contributed by atoms with Crippen molar-refractivity contribution in [1.82, 2.24) is 0 Å². The van der Waals surface area contributed by atoms with E-state index in [1.165, 1.54) is 6.42 Å². The van der Waals surface area contributed by atoms with Crippen molar-refractivity contribution < 1.29 is 13.2 Å². The fourth-order valence-electron chi connectivity index (χ4n) is 3.19. The Morgan fingerprint density at radius 3 is 2.39 bits per heavy atom. The summed E-state index contributed by atoms with van der Waals surface area (Å²) in [5.41, 5.74) is 5.64. The van der Waals surface area contributed by atoms with Gasteiger partial charge in [-0.3, -0.25) is 0 Å². The summed E-state index contributed by atoms with van der Waals surface area (Å²) in [4.78, 5) is 0. The van der Waals surface area contributed by atoms with Gasteiger partial charge in [-0.2, -0.15) is 0 Å². The Morgan fingerprint density at radius 2 is 1.94 bits per heavy atom. The van der Waals surface area contributed by atoms with Gasteiger partial charge in [-0.1, -0.05) is 13.3 Å². The molecule has 0 aromatic rings. The highest BCUT2D eigenvalue weighted by Gasteiger charge is 2.39. The largest absolute Gasteiger partial charge is 0.369 e. The maximum absolute atomic E-state index is 11.5. The zero-order valence-corrected chi connectivity index (χ0v) is 12.0. The van der Waals surface area contributed by atoms with E-state index in [0.717, 1.165) is 31.6 Å². The van der Waals surface area contributed by atoms with Crippen LogP contribution in [0.2, 0.25) is 0 Å². The topological polar surface area (TPSA) is 69.4 Å². The Kier molecular flexibility index (Phi) is 4.34. The van der Waals surface area contributed by atoms with Crippen molar-refractivity contribution >= 4 is 9.84 Å². The van der Waals surface area contributed by atoms with E-state index in [0.29, 0.717) is 13.0 Å². The van der Waals surface area contributed by atoms with E-state index in [1.807, 2.05) is 0 Å². The molecular weight excluding hydrogens is 250 g/mol. The molecule has 1 saturated carbocycles. The maximum Gasteiger partial charge on any atom is 0.152 e. The smallest absolute Gasteiger partial charge is 0.152 e. The summed E-state index contributed by atoms with van der Waals surface area (Å²) in [6, 6.07) is 0. The first-order valence-electron chi connectivity index (χ1n) is 7.07. The lowest BCUT2D eigenvalue weighted by atomic mass is 9.77. The molecule has 4 nitrogen and oxygen atoms in total. The summed E-state index contributed by atoms with van der Waals surface area (Å²) in [6.07, 6.45) is 6.02. The second-order valence-corrected chi connectivity index (χ2v) is 8.11. The van der Waals surface area contributed by atoms with Crippen molar-refractivity contribution in [2.75, 3.05) is 18.1 Å². The molecule has 0 bridgehead atoms. The molecule has 2 fully saturated rings. The lowest BCUT2D eigenvalue weighted by molar-refractivity contribution is -0.105. The fraction of sp³-hybridized carbons (Fsp3) is 1.00. The molecule has 2 rings (SSSR count). The van der Waals surface area contributed by atoms with Crippen molar-refractivity contribution in [1.29, 1.82) is 0 Å². The van der Waals surface area contributed by atoms with Crippen molar-refractivity contribution in [3.8, 4) is 0 Å². The van der Waals surface area contributed by atoms with Crippen molar-refractivity contribution in [3.05, 3.63) is 0 Å². The molecular formula is C13H25NO3S. The Hall–Kier alpha value is -0.130. The van der Waals surface area contributed by atoms with E-state index in [-0.39, 0.29) is 23.2 Å². The van der Waals surface area contributed by atoms with Gasteiger partial charge in [0.1, 0.15) is 0 Å². The molecule has 18 heavy (non-hydrogen) atoms. The molecule has 1 aliphatic heterocycles. The fourth-order valence-corrected chi connectivity index (χ4v) is 4.78. The van der Waals surface area contributed by atoms with Gasteiger partial charge in [0.05, 0.1) is 23.2 Å². The maximum atomic E-state index is 11.5. The molecule has 0 radical (unpaired) electrons. The lowest BCUT2D eigenvalue weighted by Crippen LogP contribution is -2.46. The molecule has 5 heteroatoms. The Labute approximate surface area is 110 Å². The molecule has 2 aliphatic rings. The third-order valence-electron chi connectivity index (χ3n) is 4.57. The Balaban J connectivity index is 1.93. The van der Waals surface area contributed by atoms with E-state index in [9.17, 15) is 8.42 Å². The van der Waals surface area contributed by atoms with Crippen LogP contribution in [-0.4, -0.2) is 38.2 Å². The summed E-state index contributed by atoms with van der Waals surface area (Å²) in [6.45, 7) is 2.74. The summed E-state index contributed by atoms with van der Waals surface area (Å²) < 4.78 is 29.0. The van der Waals surface area contributed by atoms with Crippen molar-refractivity contribution in [2.45, 2.75) is 57.2 Å². The minimum Gasteiger partial charge on any atom is -0.369 e. The molecule has 1 unspecified atom stereocenters. The third-order valence-corrected chi connectivity index (χ3v) is 6.31. The number of hydrogen-bond acceptors (Lipinski definition) is 4. The van der Waals surface area contributed by atoms with E-state index >= 15 is 0 Å². The number of hydrogen-bond donors (Lipinski definition) is 1. The van der Waals surface area contributed by atoms with Crippen LogP contribution < -0.4 is 5.73 Å². The SMILES string of the molecule is CCC1CCC(CN)(OC2CCS(=O)(=O)C2)CC1. The molecule has 1 aliphatic carbocycles.